The maximum atomic E-state index is 3.36. The smallest absolute Gasteiger partial charge is 0.0207 e. The summed E-state index contributed by atoms with van der Waals surface area (Å²) in [5, 5.41) is 3.25. The van der Waals surface area contributed by atoms with Gasteiger partial charge in [-0.1, -0.05) is 33.8 Å². The molecule has 110 valence electrons. The van der Waals surface area contributed by atoms with E-state index in [2.05, 4.69) is 44.6 Å². The summed E-state index contributed by atoms with van der Waals surface area (Å²) >= 11 is 0. The highest BCUT2D eigenvalue weighted by molar-refractivity contribution is 5.10. The minimum absolute atomic E-state index is 1.08. The van der Waals surface area contributed by atoms with Crippen LogP contribution in [0.2, 0.25) is 0 Å². The van der Waals surface area contributed by atoms with Crippen LogP contribution in [0.3, 0.4) is 0 Å². The Labute approximate surface area is 116 Å². The summed E-state index contributed by atoms with van der Waals surface area (Å²) < 4.78 is 0. The van der Waals surface area contributed by atoms with Gasteiger partial charge in [0.2, 0.25) is 0 Å². The maximum Gasteiger partial charge on any atom is 0.0207 e. The summed E-state index contributed by atoms with van der Waals surface area (Å²) in [5.41, 5.74) is 2.84. The van der Waals surface area contributed by atoms with E-state index in [9.17, 15) is 0 Å². The lowest BCUT2D eigenvalue weighted by atomic mass is 10.2. The van der Waals surface area contributed by atoms with E-state index in [-0.39, 0.29) is 0 Å². The van der Waals surface area contributed by atoms with Gasteiger partial charge >= 0.3 is 0 Å². The zero-order chi connectivity index (χ0) is 15.0. The van der Waals surface area contributed by atoms with Gasteiger partial charge in [-0.15, -0.1) is 6.58 Å². The Morgan fingerprint density at radius 2 is 1.72 bits per heavy atom. The highest BCUT2D eigenvalue weighted by Crippen LogP contribution is 2.05. The summed E-state index contributed by atoms with van der Waals surface area (Å²) in [6.45, 7) is 18.1. The molecule has 0 amide bonds. The van der Waals surface area contributed by atoms with E-state index in [4.69, 9.17) is 0 Å². The molecular weight excluding hydrogens is 220 g/mol. The molecule has 0 bridgehead atoms. The van der Waals surface area contributed by atoms with Crippen LogP contribution in [0.5, 0.6) is 0 Å². The number of rotatable bonds is 6. The average Bonchev–Trinajstić information content (AvgIpc) is 2.34. The number of nitrogens with zero attached hydrogens (tertiary/aromatic N) is 1. The summed E-state index contributed by atoms with van der Waals surface area (Å²) in [7, 11) is 4.18. The Kier molecular flexibility index (Phi) is 23.2. The number of nitrogens with one attached hydrogen (secondary N) is 1. The number of hydrogen-bond donors (Lipinski definition) is 1. The first-order valence-electron chi connectivity index (χ1n) is 7.19. The maximum absolute atomic E-state index is 3.36. The van der Waals surface area contributed by atoms with E-state index >= 15 is 0 Å². The van der Waals surface area contributed by atoms with E-state index in [1.807, 2.05) is 27.8 Å². The van der Waals surface area contributed by atoms with Gasteiger partial charge in [-0.25, -0.2) is 0 Å². The van der Waals surface area contributed by atoms with Gasteiger partial charge in [0.1, 0.15) is 0 Å². The van der Waals surface area contributed by atoms with Gasteiger partial charge < -0.3 is 10.2 Å². The molecule has 0 atom stereocenters. The van der Waals surface area contributed by atoms with Crippen molar-refractivity contribution in [3.8, 4) is 0 Å². The van der Waals surface area contributed by atoms with Crippen molar-refractivity contribution >= 4 is 0 Å². The van der Waals surface area contributed by atoms with Gasteiger partial charge in [0.05, 0.1) is 0 Å². The first-order valence-corrected chi connectivity index (χ1v) is 7.19. The van der Waals surface area contributed by atoms with Crippen LogP contribution < -0.4 is 5.32 Å². The quantitative estimate of drug-likeness (QED) is 0.706. The standard InChI is InChI=1S/C11H24N2.C3H6.C2H6/c1-6-8-13(5)9-10(3)11(7-2)12-4;1-3-2;1-2/h12H,6-9H2,1-5H3;3H,1H2,2H3;1-2H3/b11-10+;;. The summed E-state index contributed by atoms with van der Waals surface area (Å²) in [6.07, 6.45) is 4.08. The van der Waals surface area contributed by atoms with Crippen LogP contribution in [0, 0.1) is 0 Å². The van der Waals surface area contributed by atoms with E-state index in [1.54, 1.807) is 6.08 Å². The minimum atomic E-state index is 1.08. The lowest BCUT2D eigenvalue weighted by molar-refractivity contribution is 0.360. The van der Waals surface area contributed by atoms with Crippen LogP contribution in [0.4, 0.5) is 0 Å². The fraction of sp³-hybridized carbons (Fsp3) is 0.750. The second-order valence-corrected chi connectivity index (χ2v) is 4.01. The molecular formula is C16H36N2. The van der Waals surface area contributed by atoms with Gasteiger partial charge in [-0.2, -0.15) is 0 Å². The Bertz CT molecular complexity index is 189. The molecule has 2 heteroatoms. The van der Waals surface area contributed by atoms with Crippen molar-refractivity contribution in [2.45, 2.75) is 54.4 Å². The molecule has 2 nitrogen and oxygen atoms in total. The van der Waals surface area contributed by atoms with Crippen molar-refractivity contribution in [1.82, 2.24) is 10.2 Å². The van der Waals surface area contributed by atoms with Crippen molar-refractivity contribution in [2.24, 2.45) is 0 Å². The fourth-order valence-corrected chi connectivity index (χ4v) is 1.65. The summed E-state index contributed by atoms with van der Waals surface area (Å²) in [4.78, 5) is 2.36. The molecule has 0 aromatic heterocycles. The minimum Gasteiger partial charge on any atom is -0.391 e. The van der Waals surface area contributed by atoms with Crippen molar-refractivity contribution in [1.29, 1.82) is 0 Å². The predicted molar refractivity (Wildman–Crippen MR) is 87.1 cm³/mol. The molecule has 0 aromatic carbocycles. The third kappa shape index (κ3) is 15.2. The summed E-state index contributed by atoms with van der Waals surface area (Å²) in [6, 6.07) is 0. The summed E-state index contributed by atoms with van der Waals surface area (Å²) in [5.74, 6) is 0. The lowest BCUT2D eigenvalue weighted by Gasteiger charge is -2.18. The molecule has 0 rings (SSSR count). The second kappa shape index (κ2) is 18.6. The molecule has 0 aliphatic rings. The average molecular weight is 256 g/mol. The zero-order valence-corrected chi connectivity index (χ0v) is 14.1. The molecule has 0 aliphatic carbocycles. The molecule has 0 fully saturated rings. The van der Waals surface area contributed by atoms with Crippen LogP contribution in [0.25, 0.3) is 0 Å². The van der Waals surface area contributed by atoms with Crippen molar-refractivity contribution in [3.05, 3.63) is 23.9 Å². The van der Waals surface area contributed by atoms with E-state index in [0.717, 1.165) is 13.0 Å². The van der Waals surface area contributed by atoms with Crippen molar-refractivity contribution in [3.63, 3.8) is 0 Å². The number of likely N-dealkylation sites (N-methyl/N-ethyl adjacent to an activating group) is 1. The van der Waals surface area contributed by atoms with Crippen LogP contribution in [-0.4, -0.2) is 32.1 Å². The predicted octanol–water partition coefficient (Wildman–Crippen LogP) is 4.45. The van der Waals surface area contributed by atoms with Gasteiger partial charge in [-0.05, 0) is 45.9 Å². The topological polar surface area (TPSA) is 15.3 Å². The second-order valence-electron chi connectivity index (χ2n) is 4.01. The Balaban J connectivity index is -0.000000389. The molecule has 0 saturated carbocycles. The number of hydrogen-bond acceptors (Lipinski definition) is 2. The molecule has 0 spiro atoms. The third-order valence-electron chi connectivity index (χ3n) is 2.28. The van der Waals surface area contributed by atoms with E-state index in [1.165, 1.54) is 24.2 Å². The molecule has 0 aromatic rings. The van der Waals surface area contributed by atoms with Gasteiger partial charge in [0.15, 0.2) is 0 Å². The third-order valence-corrected chi connectivity index (χ3v) is 2.28. The van der Waals surface area contributed by atoms with E-state index in [0.29, 0.717) is 0 Å². The Morgan fingerprint density at radius 1 is 1.28 bits per heavy atom. The van der Waals surface area contributed by atoms with E-state index < -0.39 is 0 Å². The molecule has 0 aliphatic heterocycles. The first kappa shape index (κ1) is 22.4. The first-order chi connectivity index (χ1) is 8.56. The normalized spacial score (nSPS) is 10.5. The Morgan fingerprint density at radius 3 is 2.00 bits per heavy atom. The van der Waals surface area contributed by atoms with Crippen LogP contribution >= 0.6 is 0 Å². The molecule has 1 N–H and O–H groups in total. The Hall–Kier alpha value is -0.760. The number of allylic oxidation sites excluding steroid dienone is 2. The van der Waals surface area contributed by atoms with Gasteiger partial charge in [-0.3, -0.25) is 0 Å². The van der Waals surface area contributed by atoms with Crippen LogP contribution in [0.15, 0.2) is 23.9 Å². The largest absolute Gasteiger partial charge is 0.391 e. The lowest BCUT2D eigenvalue weighted by Crippen LogP contribution is -2.23. The van der Waals surface area contributed by atoms with Gasteiger partial charge in [0.25, 0.3) is 0 Å². The monoisotopic (exact) mass is 256 g/mol. The van der Waals surface area contributed by atoms with Gasteiger partial charge in [0, 0.05) is 19.3 Å². The van der Waals surface area contributed by atoms with Crippen LogP contribution in [-0.2, 0) is 0 Å². The molecule has 18 heavy (non-hydrogen) atoms. The zero-order valence-electron chi connectivity index (χ0n) is 14.1. The molecule has 0 radical (unpaired) electrons. The molecule has 0 heterocycles. The fourth-order valence-electron chi connectivity index (χ4n) is 1.65. The van der Waals surface area contributed by atoms with Crippen molar-refractivity contribution < 1.29 is 0 Å². The molecule has 0 saturated heterocycles. The highest BCUT2D eigenvalue weighted by atomic mass is 15.1. The SMILES string of the molecule is C=CC.CC.CCCN(C)C/C(C)=C(\CC)NC. The van der Waals surface area contributed by atoms with Crippen molar-refractivity contribution in [2.75, 3.05) is 27.2 Å². The highest BCUT2D eigenvalue weighted by Gasteiger charge is 2.01. The molecule has 0 unspecified atom stereocenters. The van der Waals surface area contributed by atoms with Crippen LogP contribution in [0.1, 0.15) is 54.4 Å².